The van der Waals surface area contributed by atoms with Gasteiger partial charge in [0.2, 0.25) is 0 Å². The van der Waals surface area contributed by atoms with Crippen molar-refractivity contribution in [2.24, 2.45) is 0 Å². The summed E-state index contributed by atoms with van der Waals surface area (Å²) in [6.45, 7) is 4.33. The van der Waals surface area contributed by atoms with Crippen LogP contribution < -0.4 is 10.1 Å². The highest BCUT2D eigenvalue weighted by Crippen LogP contribution is 2.43. The molecule has 0 radical (unpaired) electrons. The topological polar surface area (TPSA) is 30.5 Å². The molecule has 1 saturated heterocycles. The number of hydrogen-bond donors (Lipinski definition) is 1. The van der Waals surface area contributed by atoms with Crippen LogP contribution in [0.3, 0.4) is 0 Å². The quantitative estimate of drug-likeness (QED) is 0.902. The third kappa shape index (κ3) is 3.55. The van der Waals surface area contributed by atoms with Crippen molar-refractivity contribution in [3.63, 3.8) is 0 Å². The maximum atomic E-state index is 13.7. The molecule has 0 amide bonds. The molecule has 0 bridgehead atoms. The van der Waals surface area contributed by atoms with E-state index in [2.05, 4.69) is 5.32 Å². The van der Waals surface area contributed by atoms with E-state index in [1.165, 1.54) is 12.5 Å². The lowest BCUT2D eigenvalue weighted by atomic mass is 9.74. The number of rotatable bonds is 5. The zero-order chi connectivity index (χ0) is 14.7. The zero-order valence-corrected chi connectivity index (χ0v) is 12.7. The Bertz CT molecular complexity index is 488. The summed E-state index contributed by atoms with van der Waals surface area (Å²) in [5.74, 6) is 0.412. The lowest BCUT2D eigenvalue weighted by Gasteiger charge is -2.46. The van der Waals surface area contributed by atoms with Crippen LogP contribution in [0.15, 0.2) is 18.2 Å². The molecule has 1 unspecified atom stereocenters. The van der Waals surface area contributed by atoms with Crippen molar-refractivity contribution in [1.29, 1.82) is 0 Å². The van der Waals surface area contributed by atoms with Gasteiger partial charge in [0, 0.05) is 25.5 Å². The van der Waals surface area contributed by atoms with Crippen molar-refractivity contribution in [2.75, 3.05) is 13.2 Å². The SMILES string of the molecule is CCNCc1cc(F)cc(OC2CCOC3(CCC3)C2)c1. The average Bonchev–Trinajstić information content (AvgIpc) is 2.43. The van der Waals surface area contributed by atoms with E-state index >= 15 is 0 Å². The molecule has 1 aromatic rings. The summed E-state index contributed by atoms with van der Waals surface area (Å²) in [7, 11) is 0. The van der Waals surface area contributed by atoms with Crippen molar-refractivity contribution < 1.29 is 13.9 Å². The van der Waals surface area contributed by atoms with Crippen LogP contribution >= 0.6 is 0 Å². The molecule has 0 aromatic heterocycles. The lowest BCUT2D eigenvalue weighted by molar-refractivity contribution is -0.153. The minimum atomic E-state index is -0.231. The second-order valence-corrected chi connectivity index (χ2v) is 6.19. The first-order chi connectivity index (χ1) is 10.2. The predicted octanol–water partition coefficient (Wildman–Crippen LogP) is 3.42. The van der Waals surface area contributed by atoms with E-state index in [1.54, 1.807) is 6.07 Å². The van der Waals surface area contributed by atoms with Gasteiger partial charge in [-0.3, -0.25) is 0 Å². The van der Waals surface area contributed by atoms with Gasteiger partial charge >= 0.3 is 0 Å². The van der Waals surface area contributed by atoms with Crippen LogP contribution in [0.1, 0.15) is 44.6 Å². The van der Waals surface area contributed by atoms with Gasteiger partial charge in [0.1, 0.15) is 17.7 Å². The minimum Gasteiger partial charge on any atom is -0.490 e. The molecule has 1 atom stereocenters. The van der Waals surface area contributed by atoms with E-state index in [4.69, 9.17) is 9.47 Å². The molecular weight excluding hydrogens is 269 g/mol. The van der Waals surface area contributed by atoms with E-state index < -0.39 is 0 Å². The largest absolute Gasteiger partial charge is 0.490 e. The van der Waals surface area contributed by atoms with Crippen molar-refractivity contribution in [3.8, 4) is 5.75 Å². The fourth-order valence-electron chi connectivity index (χ4n) is 3.26. The number of halogens is 1. The van der Waals surface area contributed by atoms with Gasteiger partial charge in [-0.1, -0.05) is 6.92 Å². The molecule has 2 fully saturated rings. The fraction of sp³-hybridized carbons (Fsp3) is 0.647. The molecule has 21 heavy (non-hydrogen) atoms. The highest BCUT2D eigenvalue weighted by molar-refractivity contribution is 5.30. The first-order valence-electron chi connectivity index (χ1n) is 8.00. The van der Waals surface area contributed by atoms with E-state index in [0.29, 0.717) is 12.3 Å². The highest BCUT2D eigenvalue weighted by Gasteiger charge is 2.43. The van der Waals surface area contributed by atoms with E-state index in [-0.39, 0.29) is 17.5 Å². The third-order valence-electron chi connectivity index (χ3n) is 4.53. The molecule has 1 heterocycles. The standard InChI is InChI=1S/C17H24FNO2/c1-2-19-12-13-8-14(18)10-16(9-13)21-15-4-7-20-17(11-15)5-3-6-17/h8-10,15,19H,2-7,11-12H2,1H3. The summed E-state index contributed by atoms with van der Waals surface area (Å²) >= 11 is 0. The summed E-state index contributed by atoms with van der Waals surface area (Å²) in [5, 5.41) is 3.21. The van der Waals surface area contributed by atoms with Gasteiger partial charge < -0.3 is 14.8 Å². The van der Waals surface area contributed by atoms with Crippen LogP contribution in [-0.4, -0.2) is 24.9 Å². The van der Waals surface area contributed by atoms with Crippen LogP contribution in [0.5, 0.6) is 5.75 Å². The highest BCUT2D eigenvalue weighted by atomic mass is 19.1. The average molecular weight is 293 g/mol. The molecule has 2 aliphatic rings. The molecule has 1 aliphatic carbocycles. The first kappa shape index (κ1) is 14.8. The van der Waals surface area contributed by atoms with Crippen LogP contribution in [0.2, 0.25) is 0 Å². The maximum Gasteiger partial charge on any atom is 0.127 e. The maximum absolute atomic E-state index is 13.7. The molecule has 1 saturated carbocycles. The molecule has 1 N–H and O–H groups in total. The van der Waals surface area contributed by atoms with Gasteiger partial charge in [-0.25, -0.2) is 4.39 Å². The van der Waals surface area contributed by atoms with Crippen LogP contribution in [0.4, 0.5) is 4.39 Å². The van der Waals surface area contributed by atoms with Crippen molar-refractivity contribution in [1.82, 2.24) is 5.32 Å². The van der Waals surface area contributed by atoms with Gasteiger partial charge in [-0.05, 0) is 43.5 Å². The summed E-state index contributed by atoms with van der Waals surface area (Å²) < 4.78 is 25.7. The van der Waals surface area contributed by atoms with Gasteiger partial charge in [-0.15, -0.1) is 0 Å². The molecule has 1 spiro atoms. The first-order valence-corrected chi connectivity index (χ1v) is 8.00. The van der Waals surface area contributed by atoms with Gasteiger partial charge in [0.05, 0.1) is 12.2 Å². The predicted molar refractivity (Wildman–Crippen MR) is 80.0 cm³/mol. The second-order valence-electron chi connectivity index (χ2n) is 6.19. The normalized spacial score (nSPS) is 23.8. The molecule has 4 heteroatoms. The smallest absolute Gasteiger partial charge is 0.127 e. The van der Waals surface area contributed by atoms with Gasteiger partial charge in [-0.2, -0.15) is 0 Å². The fourth-order valence-corrected chi connectivity index (χ4v) is 3.26. The molecule has 1 aliphatic heterocycles. The molecule has 3 rings (SSSR count). The van der Waals surface area contributed by atoms with E-state index in [9.17, 15) is 4.39 Å². The van der Waals surface area contributed by atoms with E-state index in [1.807, 2.05) is 13.0 Å². The third-order valence-corrected chi connectivity index (χ3v) is 4.53. The summed E-state index contributed by atoms with van der Waals surface area (Å²) in [4.78, 5) is 0. The molecule has 3 nitrogen and oxygen atoms in total. The molecular formula is C17H24FNO2. The summed E-state index contributed by atoms with van der Waals surface area (Å²) in [6, 6.07) is 4.99. The Morgan fingerprint density at radius 3 is 2.95 bits per heavy atom. The number of ether oxygens (including phenoxy) is 2. The molecule has 116 valence electrons. The summed E-state index contributed by atoms with van der Waals surface area (Å²) in [6.07, 6.45) is 5.50. The monoisotopic (exact) mass is 293 g/mol. The Morgan fingerprint density at radius 2 is 2.24 bits per heavy atom. The number of benzene rings is 1. The zero-order valence-electron chi connectivity index (χ0n) is 12.7. The van der Waals surface area contributed by atoms with Gasteiger partial charge in [0.15, 0.2) is 0 Å². The van der Waals surface area contributed by atoms with Crippen molar-refractivity contribution >= 4 is 0 Å². The minimum absolute atomic E-state index is 0.0584. The number of nitrogens with one attached hydrogen (secondary N) is 1. The van der Waals surface area contributed by atoms with Crippen LogP contribution in [0.25, 0.3) is 0 Å². The van der Waals surface area contributed by atoms with Crippen LogP contribution in [-0.2, 0) is 11.3 Å². The second kappa shape index (κ2) is 6.32. The Balaban J connectivity index is 1.64. The molecule has 1 aromatic carbocycles. The van der Waals surface area contributed by atoms with E-state index in [0.717, 1.165) is 44.4 Å². The Labute approximate surface area is 125 Å². The van der Waals surface area contributed by atoms with Crippen molar-refractivity contribution in [3.05, 3.63) is 29.6 Å². The Kier molecular flexibility index (Phi) is 4.45. The summed E-state index contributed by atoms with van der Waals surface area (Å²) in [5.41, 5.74) is 0.986. The lowest BCUT2D eigenvalue weighted by Crippen LogP contribution is -2.48. The number of hydrogen-bond acceptors (Lipinski definition) is 3. The van der Waals surface area contributed by atoms with Crippen molar-refractivity contribution in [2.45, 2.75) is 57.3 Å². The Hall–Kier alpha value is -1.13. The van der Waals surface area contributed by atoms with Gasteiger partial charge in [0.25, 0.3) is 0 Å². The Morgan fingerprint density at radius 1 is 1.38 bits per heavy atom. The van der Waals surface area contributed by atoms with Crippen LogP contribution in [0, 0.1) is 5.82 Å².